The molecule has 0 N–H and O–H groups in total. The molecule has 3 heterocycles. The lowest BCUT2D eigenvalue weighted by Crippen LogP contribution is -2.00. The fraction of sp³-hybridized carbons (Fsp3) is 0. The predicted octanol–water partition coefficient (Wildman–Crippen LogP) is 15.3. The third-order valence-corrected chi connectivity index (χ3v) is 11.8. The SMILES string of the molecule is c1ccc(-c2ccc(-c3cc(-c4ccccc4)cc(-c4ccc(-c5nc(-c6ccc7c(c6)oc6ccccc67)nc(-c6ccc7c(c6)oc6ccccc67)n5)cc4)c3)cc2)cc1. The van der Waals surface area contributed by atoms with Gasteiger partial charge in [0.1, 0.15) is 22.3 Å². The highest BCUT2D eigenvalue weighted by molar-refractivity contribution is 6.06. The Balaban J connectivity index is 0.955. The third-order valence-electron chi connectivity index (χ3n) is 11.8. The van der Waals surface area contributed by atoms with Crippen LogP contribution in [-0.4, -0.2) is 15.0 Å². The van der Waals surface area contributed by atoms with Crippen LogP contribution in [0.15, 0.2) is 221 Å². The molecule has 0 saturated heterocycles. The van der Waals surface area contributed by atoms with Crippen molar-refractivity contribution in [3.8, 4) is 78.7 Å². The molecule has 0 amide bonds. The van der Waals surface area contributed by atoms with E-state index in [0.29, 0.717) is 17.5 Å². The molecule has 290 valence electrons. The first-order chi connectivity index (χ1) is 30.7. The predicted molar refractivity (Wildman–Crippen MR) is 252 cm³/mol. The van der Waals surface area contributed by atoms with E-state index < -0.39 is 0 Å². The van der Waals surface area contributed by atoms with Crippen molar-refractivity contribution in [2.75, 3.05) is 0 Å². The van der Waals surface area contributed by atoms with Crippen molar-refractivity contribution in [3.05, 3.63) is 212 Å². The molecular weight excluding hydrogens is 759 g/mol. The van der Waals surface area contributed by atoms with Crippen LogP contribution in [0.25, 0.3) is 123 Å². The first kappa shape index (κ1) is 35.5. The number of furan rings is 2. The molecule has 5 heteroatoms. The fourth-order valence-corrected chi connectivity index (χ4v) is 8.55. The van der Waals surface area contributed by atoms with E-state index in [1.165, 1.54) is 16.7 Å². The molecule has 0 spiro atoms. The highest BCUT2D eigenvalue weighted by Gasteiger charge is 2.17. The number of hydrogen-bond donors (Lipinski definition) is 0. The molecule has 0 aliphatic carbocycles. The van der Waals surface area contributed by atoms with Gasteiger partial charge in [-0.25, -0.2) is 15.0 Å². The van der Waals surface area contributed by atoms with Gasteiger partial charge < -0.3 is 8.83 Å². The van der Waals surface area contributed by atoms with Crippen molar-refractivity contribution in [2.24, 2.45) is 0 Å². The zero-order chi connectivity index (χ0) is 41.0. The van der Waals surface area contributed by atoms with E-state index >= 15 is 0 Å². The second-order valence-corrected chi connectivity index (χ2v) is 15.6. The Kier molecular flexibility index (Phi) is 8.42. The van der Waals surface area contributed by atoms with Crippen LogP contribution < -0.4 is 0 Å². The minimum atomic E-state index is 0.555. The molecule has 9 aromatic carbocycles. The van der Waals surface area contributed by atoms with Gasteiger partial charge in [0.15, 0.2) is 17.5 Å². The molecule has 0 radical (unpaired) electrons. The summed E-state index contributed by atoms with van der Waals surface area (Å²) in [5, 5.41) is 4.25. The summed E-state index contributed by atoms with van der Waals surface area (Å²) < 4.78 is 12.6. The summed E-state index contributed by atoms with van der Waals surface area (Å²) in [6.07, 6.45) is 0. The van der Waals surface area contributed by atoms with Gasteiger partial charge in [-0.3, -0.25) is 0 Å². The summed E-state index contributed by atoms with van der Waals surface area (Å²) in [4.78, 5) is 15.3. The van der Waals surface area contributed by atoms with Crippen LogP contribution in [0.4, 0.5) is 0 Å². The van der Waals surface area contributed by atoms with Crippen LogP contribution in [-0.2, 0) is 0 Å². The van der Waals surface area contributed by atoms with Crippen molar-refractivity contribution in [3.63, 3.8) is 0 Å². The van der Waals surface area contributed by atoms with Crippen molar-refractivity contribution in [1.82, 2.24) is 15.0 Å². The Labute approximate surface area is 357 Å². The highest BCUT2D eigenvalue weighted by Crippen LogP contribution is 2.37. The van der Waals surface area contributed by atoms with E-state index in [-0.39, 0.29) is 0 Å². The van der Waals surface area contributed by atoms with Crippen molar-refractivity contribution in [2.45, 2.75) is 0 Å². The molecule has 0 atom stereocenters. The first-order valence-corrected chi connectivity index (χ1v) is 20.7. The normalized spacial score (nSPS) is 11.5. The van der Waals surface area contributed by atoms with Crippen LogP contribution in [0.3, 0.4) is 0 Å². The Bertz CT molecular complexity index is 3480. The van der Waals surface area contributed by atoms with Crippen LogP contribution in [0.1, 0.15) is 0 Å². The zero-order valence-corrected chi connectivity index (χ0v) is 33.4. The van der Waals surface area contributed by atoms with E-state index in [0.717, 1.165) is 88.4 Å². The third kappa shape index (κ3) is 6.40. The van der Waals surface area contributed by atoms with E-state index in [9.17, 15) is 0 Å². The lowest BCUT2D eigenvalue weighted by atomic mass is 9.92. The molecule has 62 heavy (non-hydrogen) atoms. The fourth-order valence-electron chi connectivity index (χ4n) is 8.55. The molecule has 0 fully saturated rings. The summed E-state index contributed by atoms with van der Waals surface area (Å²) in [6, 6.07) is 73.8. The standard InChI is InChI=1S/C57H35N3O2/c1-3-11-36(12-4-1)38-19-21-39(22-20-38)45-31-44(37-13-5-2-6-14-37)32-46(33-45)40-23-25-41(26-24-40)55-58-56(42-27-29-49-47-15-7-9-17-51(47)61-53(49)34-42)60-57(59-55)43-28-30-50-48-16-8-10-18-52(48)62-54(50)35-43/h1-35H. The Morgan fingerprint density at radius 2 is 0.516 bits per heavy atom. The van der Waals surface area contributed by atoms with Gasteiger partial charge in [0.25, 0.3) is 0 Å². The number of hydrogen-bond acceptors (Lipinski definition) is 5. The summed E-state index contributed by atoms with van der Waals surface area (Å²) >= 11 is 0. The van der Waals surface area contributed by atoms with Crippen LogP contribution in [0.5, 0.6) is 0 Å². The zero-order valence-electron chi connectivity index (χ0n) is 33.4. The second kappa shape index (κ2) is 14.7. The summed E-state index contributed by atoms with van der Waals surface area (Å²) in [7, 11) is 0. The van der Waals surface area contributed by atoms with Gasteiger partial charge in [0.2, 0.25) is 0 Å². The molecule has 0 aliphatic rings. The van der Waals surface area contributed by atoms with Gasteiger partial charge >= 0.3 is 0 Å². The maximum absolute atomic E-state index is 6.29. The van der Waals surface area contributed by atoms with Gasteiger partial charge in [-0.1, -0.05) is 158 Å². The molecule has 0 bridgehead atoms. The highest BCUT2D eigenvalue weighted by atomic mass is 16.3. The molecular formula is C57H35N3O2. The van der Waals surface area contributed by atoms with Crippen LogP contribution >= 0.6 is 0 Å². The minimum Gasteiger partial charge on any atom is -0.456 e. The number of para-hydroxylation sites is 2. The average molecular weight is 794 g/mol. The maximum Gasteiger partial charge on any atom is 0.164 e. The Hall–Kier alpha value is -8.41. The van der Waals surface area contributed by atoms with Crippen molar-refractivity contribution in [1.29, 1.82) is 0 Å². The molecule has 0 unspecified atom stereocenters. The van der Waals surface area contributed by atoms with E-state index in [1.54, 1.807) is 0 Å². The molecule has 0 aliphatic heterocycles. The monoisotopic (exact) mass is 793 g/mol. The largest absolute Gasteiger partial charge is 0.456 e. The molecule has 0 saturated carbocycles. The van der Waals surface area contributed by atoms with Gasteiger partial charge in [0, 0.05) is 38.2 Å². The van der Waals surface area contributed by atoms with Crippen LogP contribution in [0, 0.1) is 0 Å². The number of aromatic nitrogens is 3. The smallest absolute Gasteiger partial charge is 0.164 e. The summed E-state index contributed by atoms with van der Waals surface area (Å²) in [5.74, 6) is 1.68. The average Bonchev–Trinajstić information content (AvgIpc) is 3.92. The van der Waals surface area contributed by atoms with E-state index in [1.807, 2.05) is 54.6 Å². The molecule has 12 rings (SSSR count). The number of nitrogens with zero attached hydrogens (tertiary/aromatic N) is 3. The second-order valence-electron chi connectivity index (χ2n) is 15.6. The summed E-state index contributed by atoms with van der Waals surface area (Å²) in [6.45, 7) is 0. The molecule has 5 nitrogen and oxygen atoms in total. The number of fused-ring (bicyclic) bond motifs is 6. The van der Waals surface area contributed by atoms with Crippen molar-refractivity contribution < 1.29 is 8.83 Å². The lowest BCUT2D eigenvalue weighted by Gasteiger charge is -2.13. The Morgan fingerprint density at radius 3 is 0.968 bits per heavy atom. The summed E-state index contributed by atoms with van der Waals surface area (Å²) in [5.41, 5.74) is 15.1. The van der Waals surface area contributed by atoms with E-state index in [4.69, 9.17) is 23.8 Å². The first-order valence-electron chi connectivity index (χ1n) is 20.7. The maximum atomic E-state index is 6.29. The minimum absolute atomic E-state index is 0.555. The van der Waals surface area contributed by atoms with Gasteiger partial charge in [-0.05, 0) is 99.1 Å². The lowest BCUT2D eigenvalue weighted by molar-refractivity contribution is 0.668. The molecule has 12 aromatic rings. The van der Waals surface area contributed by atoms with Crippen molar-refractivity contribution >= 4 is 43.9 Å². The number of rotatable bonds is 7. The van der Waals surface area contributed by atoms with Gasteiger partial charge in [-0.2, -0.15) is 0 Å². The van der Waals surface area contributed by atoms with Crippen LogP contribution in [0.2, 0.25) is 0 Å². The van der Waals surface area contributed by atoms with Gasteiger partial charge in [0.05, 0.1) is 0 Å². The number of benzene rings is 9. The van der Waals surface area contributed by atoms with Gasteiger partial charge in [-0.15, -0.1) is 0 Å². The topological polar surface area (TPSA) is 65.0 Å². The Morgan fingerprint density at radius 1 is 0.210 bits per heavy atom. The quantitative estimate of drug-likeness (QED) is 0.161. The molecule has 3 aromatic heterocycles. The van der Waals surface area contributed by atoms with E-state index in [2.05, 4.69) is 158 Å².